The van der Waals surface area contributed by atoms with Gasteiger partial charge in [0.2, 0.25) is 0 Å². The third-order valence-corrected chi connectivity index (χ3v) is 3.97. The molecule has 16 heavy (non-hydrogen) atoms. The van der Waals surface area contributed by atoms with Crippen molar-refractivity contribution in [3.05, 3.63) is 22.6 Å². The molecule has 1 aromatic rings. The monoisotopic (exact) mass is 285 g/mol. The molecule has 1 saturated carbocycles. The predicted octanol–water partition coefficient (Wildman–Crippen LogP) is 4.27. The zero-order valence-corrected chi connectivity index (χ0v) is 11.6. The minimum atomic E-state index is 0.306. The fourth-order valence-electron chi connectivity index (χ4n) is 2.25. The van der Waals surface area contributed by atoms with E-state index in [2.05, 4.69) is 35.1 Å². The summed E-state index contributed by atoms with van der Waals surface area (Å²) in [6.07, 6.45) is 5.43. The van der Waals surface area contributed by atoms with Crippen molar-refractivity contribution in [2.45, 2.75) is 45.6 Å². The molecule has 2 rings (SSSR count). The summed E-state index contributed by atoms with van der Waals surface area (Å²) in [6.45, 7) is 5.56. The summed E-state index contributed by atoms with van der Waals surface area (Å²) < 4.78 is 6.36. The van der Waals surface area contributed by atoms with E-state index < -0.39 is 0 Å². The van der Waals surface area contributed by atoms with Crippen LogP contribution in [0.15, 0.2) is 21.2 Å². The lowest BCUT2D eigenvalue weighted by Crippen LogP contribution is -2.26. The standard InChI is InChI=1S/C13H20BrNO/c1-3-6-13(7-8-13)9-15-10(2)11-4-5-12(14)16-11/h4-5,10,15H,3,6-9H2,1-2H3. The van der Waals surface area contributed by atoms with Crippen molar-refractivity contribution < 1.29 is 4.42 Å². The Bertz CT molecular complexity index is 343. The van der Waals surface area contributed by atoms with Gasteiger partial charge in [-0.05, 0) is 59.7 Å². The summed E-state index contributed by atoms with van der Waals surface area (Å²) >= 11 is 3.33. The fourth-order valence-corrected chi connectivity index (χ4v) is 2.57. The molecule has 1 aliphatic carbocycles. The molecule has 1 heterocycles. The normalized spacial score (nSPS) is 19.7. The topological polar surface area (TPSA) is 25.2 Å². The van der Waals surface area contributed by atoms with Gasteiger partial charge in [-0.1, -0.05) is 13.3 Å². The van der Waals surface area contributed by atoms with Crippen LogP contribution in [0.25, 0.3) is 0 Å². The van der Waals surface area contributed by atoms with Gasteiger partial charge in [-0.25, -0.2) is 0 Å². The van der Waals surface area contributed by atoms with Crippen molar-refractivity contribution in [3.8, 4) is 0 Å². The van der Waals surface area contributed by atoms with Crippen LogP contribution >= 0.6 is 15.9 Å². The molecule has 1 aliphatic rings. The molecular weight excluding hydrogens is 266 g/mol. The van der Waals surface area contributed by atoms with Gasteiger partial charge in [-0.2, -0.15) is 0 Å². The molecule has 0 amide bonds. The quantitative estimate of drug-likeness (QED) is 0.844. The lowest BCUT2D eigenvalue weighted by Gasteiger charge is -2.18. The third kappa shape index (κ3) is 2.89. The van der Waals surface area contributed by atoms with Crippen molar-refractivity contribution in [1.29, 1.82) is 0 Å². The molecule has 0 spiro atoms. The van der Waals surface area contributed by atoms with Gasteiger partial charge in [0.1, 0.15) is 5.76 Å². The highest BCUT2D eigenvalue weighted by Crippen LogP contribution is 2.49. The van der Waals surface area contributed by atoms with Crippen molar-refractivity contribution in [2.75, 3.05) is 6.54 Å². The van der Waals surface area contributed by atoms with Gasteiger partial charge in [-0.15, -0.1) is 0 Å². The summed E-state index contributed by atoms with van der Waals surface area (Å²) in [6, 6.07) is 4.29. The highest BCUT2D eigenvalue weighted by molar-refractivity contribution is 9.10. The van der Waals surface area contributed by atoms with Crippen LogP contribution in [-0.2, 0) is 0 Å². The molecule has 0 aliphatic heterocycles. The molecule has 0 saturated heterocycles. The van der Waals surface area contributed by atoms with Gasteiger partial charge >= 0.3 is 0 Å². The molecule has 2 nitrogen and oxygen atoms in total. The van der Waals surface area contributed by atoms with Gasteiger partial charge < -0.3 is 9.73 Å². The van der Waals surface area contributed by atoms with Gasteiger partial charge in [0.05, 0.1) is 6.04 Å². The van der Waals surface area contributed by atoms with E-state index in [-0.39, 0.29) is 0 Å². The largest absolute Gasteiger partial charge is 0.453 e. The van der Waals surface area contributed by atoms with E-state index in [1.807, 2.05) is 12.1 Å². The first-order valence-corrected chi connectivity index (χ1v) is 6.93. The van der Waals surface area contributed by atoms with E-state index in [9.17, 15) is 0 Å². The van der Waals surface area contributed by atoms with E-state index in [1.165, 1.54) is 25.7 Å². The van der Waals surface area contributed by atoms with Crippen LogP contribution in [0.4, 0.5) is 0 Å². The van der Waals surface area contributed by atoms with Gasteiger partial charge in [0.15, 0.2) is 4.67 Å². The van der Waals surface area contributed by atoms with Gasteiger partial charge in [0.25, 0.3) is 0 Å². The number of halogens is 1. The van der Waals surface area contributed by atoms with Crippen molar-refractivity contribution in [1.82, 2.24) is 5.32 Å². The molecule has 1 aromatic heterocycles. The van der Waals surface area contributed by atoms with E-state index in [4.69, 9.17) is 4.42 Å². The van der Waals surface area contributed by atoms with Crippen LogP contribution in [0, 0.1) is 5.41 Å². The highest BCUT2D eigenvalue weighted by atomic mass is 79.9. The Kier molecular flexibility index (Phi) is 3.75. The Hall–Kier alpha value is -0.280. The van der Waals surface area contributed by atoms with Crippen LogP contribution < -0.4 is 5.32 Å². The maximum Gasteiger partial charge on any atom is 0.169 e. The lowest BCUT2D eigenvalue weighted by molar-refractivity contribution is 0.362. The van der Waals surface area contributed by atoms with Gasteiger partial charge in [0, 0.05) is 6.54 Å². The molecule has 1 atom stereocenters. The second kappa shape index (κ2) is 4.92. The zero-order valence-electron chi connectivity index (χ0n) is 10.1. The Morgan fingerprint density at radius 2 is 2.25 bits per heavy atom. The van der Waals surface area contributed by atoms with Crippen LogP contribution in [-0.4, -0.2) is 6.54 Å². The van der Waals surface area contributed by atoms with Crippen LogP contribution in [0.5, 0.6) is 0 Å². The molecule has 0 bridgehead atoms. The Labute approximate surface area is 106 Å². The second-order valence-electron chi connectivity index (χ2n) is 4.99. The second-order valence-corrected chi connectivity index (χ2v) is 5.78. The Morgan fingerprint density at radius 1 is 1.50 bits per heavy atom. The minimum absolute atomic E-state index is 0.306. The Morgan fingerprint density at radius 3 is 2.75 bits per heavy atom. The summed E-state index contributed by atoms with van der Waals surface area (Å²) in [7, 11) is 0. The van der Waals surface area contributed by atoms with E-state index in [1.54, 1.807) is 0 Å². The summed E-state index contributed by atoms with van der Waals surface area (Å²) in [5.74, 6) is 1.01. The smallest absolute Gasteiger partial charge is 0.169 e. The van der Waals surface area contributed by atoms with E-state index in [0.29, 0.717) is 11.5 Å². The molecule has 90 valence electrons. The first kappa shape index (κ1) is 12.2. The van der Waals surface area contributed by atoms with Crippen molar-refractivity contribution in [2.24, 2.45) is 5.41 Å². The SMILES string of the molecule is CCCC1(CNC(C)c2ccc(Br)o2)CC1. The molecular formula is C13H20BrNO. The van der Waals surface area contributed by atoms with Gasteiger partial charge in [-0.3, -0.25) is 0 Å². The molecule has 1 N–H and O–H groups in total. The van der Waals surface area contributed by atoms with Crippen molar-refractivity contribution >= 4 is 15.9 Å². The van der Waals surface area contributed by atoms with Crippen molar-refractivity contribution in [3.63, 3.8) is 0 Å². The first-order chi connectivity index (χ1) is 7.65. The number of nitrogens with one attached hydrogen (secondary N) is 1. The Balaban J connectivity index is 1.82. The average Bonchev–Trinajstić information content (AvgIpc) is 2.89. The third-order valence-electron chi connectivity index (χ3n) is 3.54. The molecule has 0 radical (unpaired) electrons. The lowest BCUT2D eigenvalue weighted by atomic mass is 10.0. The summed E-state index contributed by atoms with van der Waals surface area (Å²) in [4.78, 5) is 0. The number of rotatable bonds is 6. The predicted molar refractivity (Wildman–Crippen MR) is 69.4 cm³/mol. The highest BCUT2D eigenvalue weighted by Gasteiger charge is 2.41. The molecule has 0 aromatic carbocycles. The van der Waals surface area contributed by atoms with E-state index >= 15 is 0 Å². The number of hydrogen-bond acceptors (Lipinski definition) is 2. The zero-order chi connectivity index (χ0) is 11.6. The molecule has 3 heteroatoms. The summed E-state index contributed by atoms with van der Waals surface area (Å²) in [5, 5.41) is 3.59. The maximum atomic E-state index is 5.55. The first-order valence-electron chi connectivity index (χ1n) is 6.14. The molecule has 1 unspecified atom stereocenters. The number of furan rings is 1. The van der Waals surface area contributed by atoms with Crippen LogP contribution in [0.3, 0.4) is 0 Å². The average molecular weight is 286 g/mol. The van der Waals surface area contributed by atoms with Crippen LogP contribution in [0.1, 0.15) is 51.3 Å². The fraction of sp³-hybridized carbons (Fsp3) is 0.692. The maximum absolute atomic E-state index is 5.55. The van der Waals surface area contributed by atoms with Crippen LogP contribution in [0.2, 0.25) is 0 Å². The summed E-state index contributed by atoms with van der Waals surface area (Å²) in [5.41, 5.74) is 0.604. The minimum Gasteiger partial charge on any atom is -0.453 e. The molecule has 1 fully saturated rings. The number of hydrogen-bond donors (Lipinski definition) is 1. The van der Waals surface area contributed by atoms with E-state index in [0.717, 1.165) is 17.0 Å².